The van der Waals surface area contributed by atoms with Crippen LogP contribution in [0, 0.1) is 0 Å². The summed E-state index contributed by atoms with van der Waals surface area (Å²) >= 11 is 0. The van der Waals surface area contributed by atoms with Gasteiger partial charge in [0.15, 0.2) is 0 Å². The number of nitrogens with one attached hydrogen (secondary N) is 2. The van der Waals surface area contributed by atoms with E-state index in [9.17, 15) is 4.79 Å². The summed E-state index contributed by atoms with van der Waals surface area (Å²) in [7, 11) is 0. The number of aromatic nitrogens is 7. The largest absolute Gasteiger partial charge is 0.333 e. The first-order chi connectivity index (χ1) is 9.69. The van der Waals surface area contributed by atoms with Crippen LogP contribution < -0.4 is 10.6 Å². The van der Waals surface area contributed by atoms with Gasteiger partial charge in [0.2, 0.25) is 0 Å². The Hall–Kier alpha value is -2.52. The molecule has 0 saturated heterocycles. The Morgan fingerprint density at radius 1 is 1.50 bits per heavy atom. The summed E-state index contributed by atoms with van der Waals surface area (Å²) in [5, 5.41) is 20.5. The number of rotatable bonds is 6. The summed E-state index contributed by atoms with van der Waals surface area (Å²) in [5.74, 6) is 0.331. The molecule has 0 bridgehead atoms. The molecule has 1 atom stereocenters. The summed E-state index contributed by atoms with van der Waals surface area (Å²) in [6.45, 7) is 5.06. The fourth-order valence-corrected chi connectivity index (χ4v) is 1.67. The maximum atomic E-state index is 11.8. The minimum absolute atomic E-state index is 0.104. The topological polar surface area (TPSA) is 115 Å². The molecule has 10 nitrogen and oxygen atoms in total. The van der Waals surface area contributed by atoms with E-state index in [-0.39, 0.29) is 12.1 Å². The third kappa shape index (κ3) is 3.73. The highest BCUT2D eigenvalue weighted by Crippen LogP contribution is 2.00. The molecule has 2 amide bonds. The molecular weight excluding hydrogens is 262 g/mol. The van der Waals surface area contributed by atoms with Gasteiger partial charge in [-0.25, -0.2) is 14.5 Å². The summed E-state index contributed by atoms with van der Waals surface area (Å²) < 4.78 is 3.19. The zero-order valence-corrected chi connectivity index (χ0v) is 11.4. The van der Waals surface area contributed by atoms with Gasteiger partial charge in [-0.2, -0.15) is 5.10 Å². The van der Waals surface area contributed by atoms with Crippen molar-refractivity contribution in [3.05, 3.63) is 12.7 Å². The normalized spacial score (nSPS) is 12.1. The lowest BCUT2D eigenvalue weighted by Crippen LogP contribution is -2.39. The second-order valence-corrected chi connectivity index (χ2v) is 4.34. The fraction of sp³-hybridized carbons (Fsp3) is 0.600. The van der Waals surface area contributed by atoms with Gasteiger partial charge < -0.3 is 5.32 Å². The quantitative estimate of drug-likeness (QED) is 0.762. The number of carbonyl (C=O) groups excluding carboxylic acids is 1. The molecule has 0 aliphatic carbocycles. The number of amides is 2. The smallest absolute Gasteiger partial charge is 0.321 e. The molecule has 2 rings (SSSR count). The van der Waals surface area contributed by atoms with Gasteiger partial charge in [-0.05, 0) is 23.8 Å². The second kappa shape index (κ2) is 6.59. The molecule has 2 aromatic heterocycles. The van der Waals surface area contributed by atoms with E-state index in [1.165, 1.54) is 6.33 Å². The number of aryl methyl sites for hydroxylation is 1. The van der Waals surface area contributed by atoms with E-state index in [2.05, 4.69) is 36.2 Å². The van der Waals surface area contributed by atoms with Gasteiger partial charge in [-0.15, -0.1) is 0 Å². The predicted octanol–water partition coefficient (Wildman–Crippen LogP) is -0.115. The average molecular weight is 279 g/mol. The summed E-state index contributed by atoms with van der Waals surface area (Å²) in [6, 6.07) is -0.461. The van der Waals surface area contributed by atoms with Crippen LogP contribution >= 0.6 is 0 Å². The van der Waals surface area contributed by atoms with E-state index in [0.29, 0.717) is 19.0 Å². The number of tetrazole rings is 1. The number of urea groups is 1. The van der Waals surface area contributed by atoms with Crippen molar-refractivity contribution in [1.82, 2.24) is 40.3 Å². The molecule has 2 heterocycles. The number of carbonyl (C=O) groups is 1. The van der Waals surface area contributed by atoms with Crippen LogP contribution in [0.1, 0.15) is 20.3 Å². The van der Waals surface area contributed by atoms with Crippen LogP contribution in [0.3, 0.4) is 0 Å². The number of nitrogens with zero attached hydrogens (tertiary/aromatic N) is 7. The Morgan fingerprint density at radius 3 is 3.05 bits per heavy atom. The highest BCUT2D eigenvalue weighted by atomic mass is 16.2. The Balaban J connectivity index is 1.84. The molecule has 20 heavy (non-hydrogen) atoms. The minimum atomic E-state index is -0.357. The molecule has 0 aliphatic heterocycles. The van der Waals surface area contributed by atoms with Crippen molar-refractivity contribution in [2.75, 3.05) is 5.32 Å². The molecule has 0 fully saturated rings. The van der Waals surface area contributed by atoms with Gasteiger partial charge in [0, 0.05) is 12.6 Å². The molecule has 10 heteroatoms. The standard InChI is InChI=1S/C10H17N9O/c1-3-4-19-9(15-16-17-19)14-10(20)13-8(2)5-18-7-11-6-12-18/h6-8H,3-5H2,1-2H3,(H2,13,14,15,17,20). The van der Waals surface area contributed by atoms with Crippen LogP contribution in [0.4, 0.5) is 10.7 Å². The Kier molecular flexibility index (Phi) is 4.58. The zero-order valence-electron chi connectivity index (χ0n) is 11.4. The summed E-state index contributed by atoms with van der Waals surface area (Å²) in [6.07, 6.45) is 3.92. The van der Waals surface area contributed by atoms with Crippen molar-refractivity contribution in [3.63, 3.8) is 0 Å². The summed E-state index contributed by atoms with van der Waals surface area (Å²) in [4.78, 5) is 15.7. The van der Waals surface area contributed by atoms with Crippen molar-refractivity contribution in [1.29, 1.82) is 0 Å². The maximum Gasteiger partial charge on any atom is 0.321 e. The van der Waals surface area contributed by atoms with E-state index in [1.54, 1.807) is 15.7 Å². The van der Waals surface area contributed by atoms with E-state index in [0.717, 1.165) is 6.42 Å². The highest BCUT2D eigenvalue weighted by Gasteiger charge is 2.12. The molecule has 0 radical (unpaired) electrons. The molecule has 108 valence electrons. The number of anilines is 1. The van der Waals surface area contributed by atoms with Crippen molar-refractivity contribution >= 4 is 12.0 Å². The van der Waals surface area contributed by atoms with Gasteiger partial charge in [0.05, 0.1) is 6.54 Å². The lowest BCUT2D eigenvalue weighted by atomic mass is 10.3. The Morgan fingerprint density at radius 2 is 2.35 bits per heavy atom. The molecule has 0 aliphatic rings. The van der Waals surface area contributed by atoms with Crippen LogP contribution in [-0.2, 0) is 13.1 Å². The second-order valence-electron chi connectivity index (χ2n) is 4.34. The highest BCUT2D eigenvalue weighted by molar-refractivity contribution is 5.87. The van der Waals surface area contributed by atoms with Gasteiger partial charge >= 0.3 is 6.03 Å². The predicted molar refractivity (Wildman–Crippen MR) is 69.7 cm³/mol. The van der Waals surface area contributed by atoms with Gasteiger partial charge in [0.1, 0.15) is 12.7 Å². The van der Waals surface area contributed by atoms with Crippen molar-refractivity contribution in [2.24, 2.45) is 0 Å². The van der Waals surface area contributed by atoms with Crippen molar-refractivity contribution in [3.8, 4) is 0 Å². The van der Waals surface area contributed by atoms with Gasteiger partial charge in [-0.1, -0.05) is 12.0 Å². The Labute approximate surface area is 115 Å². The summed E-state index contributed by atoms with van der Waals surface area (Å²) in [5.41, 5.74) is 0. The lowest BCUT2D eigenvalue weighted by Gasteiger charge is -2.13. The molecule has 0 aromatic carbocycles. The van der Waals surface area contributed by atoms with E-state index >= 15 is 0 Å². The van der Waals surface area contributed by atoms with Gasteiger partial charge in [0.25, 0.3) is 5.95 Å². The van der Waals surface area contributed by atoms with Crippen LogP contribution in [0.25, 0.3) is 0 Å². The van der Waals surface area contributed by atoms with Crippen LogP contribution in [0.15, 0.2) is 12.7 Å². The first-order valence-electron chi connectivity index (χ1n) is 6.35. The third-order valence-corrected chi connectivity index (χ3v) is 2.50. The van der Waals surface area contributed by atoms with Crippen LogP contribution in [-0.4, -0.2) is 47.0 Å². The molecule has 2 N–H and O–H groups in total. The lowest BCUT2D eigenvalue weighted by molar-refractivity contribution is 0.247. The first-order valence-corrected chi connectivity index (χ1v) is 6.35. The monoisotopic (exact) mass is 279 g/mol. The van der Waals surface area contributed by atoms with E-state index in [1.807, 2.05) is 13.8 Å². The van der Waals surface area contributed by atoms with Gasteiger partial charge in [-0.3, -0.25) is 10.00 Å². The van der Waals surface area contributed by atoms with E-state index < -0.39 is 0 Å². The SMILES string of the molecule is CCCn1nnnc1NC(=O)NC(C)Cn1cncn1. The fourth-order valence-electron chi connectivity index (χ4n) is 1.67. The first kappa shape index (κ1) is 13.9. The molecule has 0 spiro atoms. The number of hydrogen-bond donors (Lipinski definition) is 2. The molecule has 1 unspecified atom stereocenters. The van der Waals surface area contributed by atoms with Crippen molar-refractivity contribution in [2.45, 2.75) is 39.4 Å². The zero-order chi connectivity index (χ0) is 14.4. The average Bonchev–Trinajstić information content (AvgIpc) is 3.02. The maximum absolute atomic E-state index is 11.8. The molecule has 0 saturated carbocycles. The minimum Gasteiger partial charge on any atom is -0.333 e. The molecule has 2 aromatic rings. The van der Waals surface area contributed by atoms with Crippen LogP contribution in [0.5, 0.6) is 0 Å². The van der Waals surface area contributed by atoms with Crippen molar-refractivity contribution < 1.29 is 4.79 Å². The number of hydrogen-bond acceptors (Lipinski definition) is 6. The third-order valence-electron chi connectivity index (χ3n) is 2.50. The Bertz CT molecular complexity index is 535. The van der Waals surface area contributed by atoms with E-state index in [4.69, 9.17) is 0 Å². The van der Waals surface area contributed by atoms with Crippen LogP contribution in [0.2, 0.25) is 0 Å². The molecular formula is C10H17N9O.